The molecule has 0 rings (SSSR count). The van der Waals surface area contributed by atoms with E-state index in [0.717, 1.165) is 12.8 Å². The molecule has 5 nitrogen and oxygen atoms in total. The zero-order valence-corrected chi connectivity index (χ0v) is 6.84. The highest BCUT2D eigenvalue weighted by Crippen LogP contribution is 1.85. The Labute approximate surface area is 66.8 Å². The molecule has 0 aromatic heterocycles. The lowest BCUT2D eigenvalue weighted by Gasteiger charge is -2.00. The first-order valence-electron chi connectivity index (χ1n) is 3.60. The molecule has 0 atom stereocenters. The number of nitrogens with zero attached hydrogens (tertiary/aromatic N) is 1. The van der Waals surface area contributed by atoms with Crippen molar-refractivity contribution in [2.24, 2.45) is 16.5 Å². The lowest BCUT2D eigenvalue weighted by molar-refractivity contribution is 0.143. The molecule has 0 saturated heterocycles. The van der Waals surface area contributed by atoms with E-state index in [9.17, 15) is 0 Å². The number of nitrogens with one attached hydrogen (secondary N) is 1. The van der Waals surface area contributed by atoms with Crippen LogP contribution in [0.5, 0.6) is 0 Å². The number of nitrogens with two attached hydrogens (primary N) is 2. The van der Waals surface area contributed by atoms with Crippen LogP contribution in [0.1, 0.15) is 12.8 Å². The smallest absolute Gasteiger partial charge is 0.213 e. The van der Waals surface area contributed by atoms with Crippen molar-refractivity contribution in [3.63, 3.8) is 0 Å². The first kappa shape index (κ1) is 10.2. The van der Waals surface area contributed by atoms with E-state index in [2.05, 4.69) is 15.3 Å². The van der Waals surface area contributed by atoms with E-state index in [4.69, 9.17) is 11.5 Å². The van der Waals surface area contributed by atoms with Crippen LogP contribution < -0.4 is 16.9 Å². The van der Waals surface area contributed by atoms with E-state index < -0.39 is 0 Å². The van der Waals surface area contributed by atoms with Crippen molar-refractivity contribution < 1.29 is 4.84 Å². The Morgan fingerprint density at radius 2 is 2.27 bits per heavy atom. The Hall–Kier alpha value is -0.810. The third-order valence-corrected chi connectivity index (χ3v) is 1.10. The number of hydroxylamine groups is 1. The van der Waals surface area contributed by atoms with Gasteiger partial charge in [0.05, 0.1) is 7.11 Å². The van der Waals surface area contributed by atoms with Crippen molar-refractivity contribution in [3.8, 4) is 0 Å². The van der Waals surface area contributed by atoms with Gasteiger partial charge in [-0.25, -0.2) is 5.48 Å². The Kier molecular flexibility index (Phi) is 6.76. The van der Waals surface area contributed by atoms with E-state index in [-0.39, 0.29) is 0 Å². The zero-order chi connectivity index (χ0) is 8.53. The molecule has 0 fully saturated rings. The highest BCUT2D eigenvalue weighted by molar-refractivity contribution is 5.76. The van der Waals surface area contributed by atoms with Crippen LogP contribution in [-0.2, 0) is 4.84 Å². The van der Waals surface area contributed by atoms with Gasteiger partial charge in [0.2, 0.25) is 5.96 Å². The molecule has 5 heteroatoms. The van der Waals surface area contributed by atoms with Gasteiger partial charge in [-0.2, -0.15) is 0 Å². The summed E-state index contributed by atoms with van der Waals surface area (Å²) in [6.45, 7) is 1.40. The Balaban J connectivity index is 3.24. The first-order chi connectivity index (χ1) is 5.31. The van der Waals surface area contributed by atoms with Gasteiger partial charge >= 0.3 is 0 Å². The molecular formula is C6H16N4O. The summed E-state index contributed by atoms with van der Waals surface area (Å²) in [5, 5.41) is 0. The van der Waals surface area contributed by atoms with Gasteiger partial charge < -0.3 is 11.5 Å². The molecule has 0 aliphatic heterocycles. The van der Waals surface area contributed by atoms with Gasteiger partial charge in [-0.3, -0.25) is 9.83 Å². The van der Waals surface area contributed by atoms with Crippen LogP contribution in [0.15, 0.2) is 4.99 Å². The lowest BCUT2D eigenvalue weighted by atomic mass is 10.3. The van der Waals surface area contributed by atoms with Crippen molar-refractivity contribution in [2.75, 3.05) is 20.2 Å². The summed E-state index contributed by atoms with van der Waals surface area (Å²) < 4.78 is 0. The molecule has 0 bridgehead atoms. The fourth-order valence-electron chi connectivity index (χ4n) is 0.592. The van der Waals surface area contributed by atoms with Gasteiger partial charge in [0.25, 0.3) is 0 Å². The van der Waals surface area contributed by atoms with Gasteiger partial charge in [0.1, 0.15) is 0 Å². The number of hydrogen-bond acceptors (Lipinski definition) is 3. The number of guanidine groups is 1. The van der Waals surface area contributed by atoms with Crippen molar-refractivity contribution in [1.82, 2.24) is 5.48 Å². The molecule has 0 aromatic rings. The van der Waals surface area contributed by atoms with Gasteiger partial charge in [-0.05, 0) is 19.4 Å². The van der Waals surface area contributed by atoms with Crippen LogP contribution in [0.25, 0.3) is 0 Å². The van der Waals surface area contributed by atoms with Gasteiger partial charge in [0, 0.05) is 6.54 Å². The fourth-order valence-corrected chi connectivity index (χ4v) is 0.592. The summed E-state index contributed by atoms with van der Waals surface area (Å²) in [7, 11) is 1.49. The predicted molar refractivity (Wildman–Crippen MR) is 44.9 cm³/mol. The quantitative estimate of drug-likeness (QED) is 0.212. The molecule has 0 amide bonds. The molecular weight excluding hydrogens is 144 g/mol. The SMILES string of the molecule is CONC(N)=NCCCCN. The molecule has 0 radical (unpaired) electrons. The topological polar surface area (TPSA) is 85.7 Å². The highest BCUT2D eigenvalue weighted by Gasteiger charge is 1.87. The third-order valence-electron chi connectivity index (χ3n) is 1.10. The van der Waals surface area contributed by atoms with Crippen molar-refractivity contribution in [3.05, 3.63) is 0 Å². The van der Waals surface area contributed by atoms with Crippen LogP contribution in [0.3, 0.4) is 0 Å². The summed E-state index contributed by atoms with van der Waals surface area (Å²) >= 11 is 0. The van der Waals surface area contributed by atoms with Crippen LogP contribution in [-0.4, -0.2) is 26.2 Å². The molecule has 0 heterocycles. The second-order valence-corrected chi connectivity index (χ2v) is 2.07. The number of rotatable bonds is 5. The second-order valence-electron chi connectivity index (χ2n) is 2.07. The maximum absolute atomic E-state index is 5.35. The standard InChI is InChI=1S/C6H16N4O/c1-11-10-6(8)9-5-3-2-4-7/h2-5,7H2,1H3,(H3,8,9,10). The van der Waals surface area contributed by atoms with Gasteiger partial charge in [0.15, 0.2) is 0 Å². The minimum atomic E-state index is 0.310. The first-order valence-corrected chi connectivity index (χ1v) is 3.60. The van der Waals surface area contributed by atoms with Crippen molar-refractivity contribution in [2.45, 2.75) is 12.8 Å². The van der Waals surface area contributed by atoms with Gasteiger partial charge in [-0.15, -0.1) is 0 Å². The summed E-state index contributed by atoms with van der Waals surface area (Å²) in [5.74, 6) is 0.310. The van der Waals surface area contributed by atoms with Gasteiger partial charge in [-0.1, -0.05) is 0 Å². The van der Waals surface area contributed by atoms with Crippen molar-refractivity contribution >= 4 is 5.96 Å². The molecule has 0 saturated carbocycles. The third kappa shape index (κ3) is 7.08. The molecule has 0 aromatic carbocycles. The Morgan fingerprint density at radius 1 is 1.55 bits per heavy atom. The highest BCUT2D eigenvalue weighted by atomic mass is 16.6. The fraction of sp³-hybridized carbons (Fsp3) is 0.833. The average Bonchev–Trinajstić information content (AvgIpc) is 1.99. The largest absolute Gasteiger partial charge is 0.368 e. The molecule has 0 spiro atoms. The van der Waals surface area contributed by atoms with E-state index >= 15 is 0 Å². The summed E-state index contributed by atoms with van der Waals surface area (Å²) in [5.41, 5.74) is 13.1. The number of hydrogen-bond donors (Lipinski definition) is 3. The molecule has 0 aliphatic carbocycles. The average molecular weight is 160 g/mol. The van der Waals surface area contributed by atoms with Crippen LogP contribution in [0.2, 0.25) is 0 Å². The number of aliphatic imine (C=N–C) groups is 1. The summed E-state index contributed by atoms with van der Waals surface area (Å²) in [6, 6.07) is 0. The molecule has 0 aliphatic rings. The predicted octanol–water partition coefficient (Wildman–Crippen LogP) is -0.809. The minimum Gasteiger partial charge on any atom is -0.368 e. The van der Waals surface area contributed by atoms with E-state index in [0.29, 0.717) is 19.0 Å². The van der Waals surface area contributed by atoms with Crippen LogP contribution in [0, 0.1) is 0 Å². The molecule has 0 unspecified atom stereocenters. The second kappa shape index (κ2) is 7.30. The van der Waals surface area contributed by atoms with E-state index in [1.54, 1.807) is 0 Å². The summed E-state index contributed by atoms with van der Waals surface area (Å²) in [6.07, 6.45) is 1.94. The summed E-state index contributed by atoms with van der Waals surface area (Å²) in [4.78, 5) is 8.48. The number of unbranched alkanes of at least 4 members (excludes halogenated alkanes) is 1. The van der Waals surface area contributed by atoms with Crippen LogP contribution in [0.4, 0.5) is 0 Å². The minimum absolute atomic E-state index is 0.310. The normalized spacial score (nSPS) is 11.6. The van der Waals surface area contributed by atoms with E-state index in [1.165, 1.54) is 7.11 Å². The van der Waals surface area contributed by atoms with E-state index in [1.807, 2.05) is 0 Å². The Morgan fingerprint density at radius 3 is 2.82 bits per heavy atom. The maximum Gasteiger partial charge on any atom is 0.213 e. The maximum atomic E-state index is 5.35. The molecule has 66 valence electrons. The lowest BCUT2D eigenvalue weighted by Crippen LogP contribution is -2.30. The monoisotopic (exact) mass is 160 g/mol. The zero-order valence-electron chi connectivity index (χ0n) is 6.84. The van der Waals surface area contributed by atoms with Crippen molar-refractivity contribution in [1.29, 1.82) is 0 Å². The van der Waals surface area contributed by atoms with Crippen LogP contribution >= 0.6 is 0 Å². The Bertz CT molecular complexity index is 115. The molecule has 11 heavy (non-hydrogen) atoms. The molecule has 5 N–H and O–H groups in total.